The van der Waals surface area contributed by atoms with Gasteiger partial charge in [0.15, 0.2) is 0 Å². The van der Waals surface area contributed by atoms with Crippen LogP contribution in [-0.2, 0) is 4.79 Å². The molecule has 6 heteroatoms. The van der Waals surface area contributed by atoms with Crippen molar-refractivity contribution in [1.82, 2.24) is 15.2 Å². The number of carbonyl (C=O) groups is 2. The molecule has 1 spiro atoms. The van der Waals surface area contributed by atoms with Gasteiger partial charge in [0.1, 0.15) is 5.76 Å². The predicted molar refractivity (Wildman–Crippen MR) is 91.1 cm³/mol. The van der Waals surface area contributed by atoms with Gasteiger partial charge in [-0.15, -0.1) is 0 Å². The molecule has 0 saturated carbocycles. The highest BCUT2D eigenvalue weighted by Crippen LogP contribution is 2.43. The van der Waals surface area contributed by atoms with Crippen LogP contribution in [0.15, 0.2) is 41.3 Å². The Morgan fingerprint density at radius 2 is 2.00 bits per heavy atom. The summed E-state index contributed by atoms with van der Waals surface area (Å²) in [5.74, 6) is 0.878. The maximum Gasteiger partial charge on any atom is 0.257 e. The molecule has 0 radical (unpaired) electrons. The molecule has 6 nitrogen and oxygen atoms in total. The molecule has 0 bridgehead atoms. The van der Waals surface area contributed by atoms with Crippen molar-refractivity contribution in [1.29, 1.82) is 0 Å². The van der Waals surface area contributed by atoms with Gasteiger partial charge in [0.2, 0.25) is 5.91 Å². The summed E-state index contributed by atoms with van der Waals surface area (Å²) in [4.78, 5) is 30.7. The Bertz CT molecular complexity index is 791. The number of carbonyl (C=O) groups excluding carboxylic acids is 2. The van der Waals surface area contributed by atoms with Crippen LogP contribution in [0.25, 0.3) is 0 Å². The van der Waals surface area contributed by atoms with Crippen molar-refractivity contribution in [2.75, 3.05) is 13.1 Å². The molecule has 2 aromatic rings. The van der Waals surface area contributed by atoms with Gasteiger partial charge < -0.3 is 14.6 Å². The van der Waals surface area contributed by atoms with Crippen LogP contribution >= 0.6 is 0 Å². The highest BCUT2D eigenvalue weighted by Gasteiger charge is 2.49. The second-order valence-corrected chi connectivity index (χ2v) is 6.92. The van der Waals surface area contributed by atoms with Crippen LogP contribution in [0.3, 0.4) is 0 Å². The average Bonchev–Trinajstić information content (AvgIpc) is 3.19. The molecule has 1 atom stereocenters. The van der Waals surface area contributed by atoms with E-state index in [9.17, 15) is 9.59 Å². The number of nitrogens with one attached hydrogen (secondary N) is 1. The topological polar surface area (TPSA) is 75.4 Å². The monoisotopic (exact) mass is 339 g/mol. The van der Waals surface area contributed by atoms with E-state index in [-0.39, 0.29) is 23.3 Å². The van der Waals surface area contributed by atoms with Gasteiger partial charge >= 0.3 is 0 Å². The van der Waals surface area contributed by atoms with Gasteiger partial charge in [-0.2, -0.15) is 0 Å². The van der Waals surface area contributed by atoms with Crippen LogP contribution in [0.2, 0.25) is 0 Å². The number of hydrogen-bond donors (Lipinski definition) is 1. The number of likely N-dealkylation sites (tertiary alicyclic amines) is 1. The summed E-state index contributed by atoms with van der Waals surface area (Å²) in [6.45, 7) is 3.06. The zero-order chi connectivity index (χ0) is 17.4. The van der Waals surface area contributed by atoms with Gasteiger partial charge in [-0.25, -0.2) is 0 Å². The predicted octanol–water partition coefficient (Wildman–Crippen LogP) is 2.26. The Morgan fingerprint density at radius 3 is 2.64 bits per heavy atom. The fourth-order valence-electron chi connectivity index (χ4n) is 4.19. The first kappa shape index (κ1) is 15.9. The van der Waals surface area contributed by atoms with Crippen molar-refractivity contribution >= 4 is 11.8 Å². The molecule has 25 heavy (non-hydrogen) atoms. The number of piperidine rings is 1. The highest BCUT2D eigenvalue weighted by atomic mass is 16.3. The van der Waals surface area contributed by atoms with Gasteiger partial charge in [-0.3, -0.25) is 14.6 Å². The van der Waals surface area contributed by atoms with E-state index in [2.05, 4.69) is 10.3 Å². The van der Waals surface area contributed by atoms with E-state index in [0.29, 0.717) is 30.8 Å². The van der Waals surface area contributed by atoms with Gasteiger partial charge in [0, 0.05) is 37.8 Å². The molecular formula is C19H21N3O3. The summed E-state index contributed by atoms with van der Waals surface area (Å²) in [6, 6.07) is 5.69. The number of nitrogens with zero attached hydrogens (tertiary/aromatic N) is 2. The zero-order valence-electron chi connectivity index (χ0n) is 14.2. The molecule has 2 aliphatic rings. The minimum Gasteiger partial charge on any atom is -0.469 e. The first-order chi connectivity index (χ1) is 12.1. The molecule has 2 aliphatic heterocycles. The van der Waals surface area contributed by atoms with Gasteiger partial charge in [0.25, 0.3) is 5.91 Å². The Morgan fingerprint density at radius 1 is 1.28 bits per heavy atom. The fraction of sp³-hybridized carbons (Fsp3) is 0.421. The lowest BCUT2D eigenvalue weighted by atomic mass is 9.74. The molecule has 2 amide bonds. The SMILES string of the molecule is Cc1occc1C(=O)N1CCC2(CC1)NC(=O)C[C@@H]2c1ccncc1. The molecule has 0 unspecified atom stereocenters. The van der Waals surface area contributed by atoms with E-state index in [1.807, 2.05) is 17.0 Å². The molecule has 2 fully saturated rings. The lowest BCUT2D eigenvalue weighted by Gasteiger charge is -2.43. The number of furan rings is 1. The Kier molecular flexibility index (Phi) is 3.82. The normalized spacial score (nSPS) is 22.2. The van der Waals surface area contributed by atoms with Crippen LogP contribution in [0.1, 0.15) is 46.9 Å². The summed E-state index contributed by atoms with van der Waals surface area (Å²) in [5, 5.41) is 3.21. The largest absolute Gasteiger partial charge is 0.469 e. The van der Waals surface area contributed by atoms with Crippen LogP contribution in [-0.4, -0.2) is 40.3 Å². The first-order valence-corrected chi connectivity index (χ1v) is 8.63. The maximum atomic E-state index is 12.7. The third-order valence-electron chi connectivity index (χ3n) is 5.59. The molecule has 4 heterocycles. The molecule has 0 aromatic carbocycles. The Hall–Kier alpha value is -2.63. The summed E-state index contributed by atoms with van der Waals surface area (Å²) in [5.41, 5.74) is 1.50. The first-order valence-electron chi connectivity index (χ1n) is 8.63. The van der Waals surface area contributed by atoms with Crippen LogP contribution in [0.4, 0.5) is 0 Å². The summed E-state index contributed by atoms with van der Waals surface area (Å²) in [7, 11) is 0. The third-order valence-corrected chi connectivity index (χ3v) is 5.59. The van der Waals surface area contributed by atoms with E-state index in [4.69, 9.17) is 4.42 Å². The number of hydrogen-bond acceptors (Lipinski definition) is 4. The fourth-order valence-corrected chi connectivity index (χ4v) is 4.19. The Balaban J connectivity index is 1.52. The van der Waals surface area contributed by atoms with Crippen LogP contribution in [0, 0.1) is 6.92 Å². The number of rotatable bonds is 2. The minimum atomic E-state index is -0.263. The van der Waals surface area contributed by atoms with Crippen molar-refractivity contribution in [2.45, 2.75) is 37.6 Å². The molecule has 130 valence electrons. The van der Waals surface area contributed by atoms with Gasteiger partial charge in [0.05, 0.1) is 17.4 Å². The highest BCUT2D eigenvalue weighted by molar-refractivity contribution is 5.95. The summed E-state index contributed by atoms with van der Waals surface area (Å²) >= 11 is 0. The van der Waals surface area contributed by atoms with E-state index >= 15 is 0 Å². The molecule has 2 saturated heterocycles. The van der Waals surface area contributed by atoms with Crippen molar-refractivity contribution in [3.05, 3.63) is 53.7 Å². The summed E-state index contributed by atoms with van der Waals surface area (Å²) < 4.78 is 5.25. The van der Waals surface area contributed by atoms with E-state index in [1.165, 1.54) is 0 Å². The van der Waals surface area contributed by atoms with Crippen LogP contribution < -0.4 is 5.32 Å². The molecule has 2 aromatic heterocycles. The van der Waals surface area contributed by atoms with E-state index < -0.39 is 0 Å². The van der Waals surface area contributed by atoms with Crippen LogP contribution in [0.5, 0.6) is 0 Å². The minimum absolute atomic E-state index is 0.00545. The molecule has 0 aliphatic carbocycles. The van der Waals surface area contributed by atoms with Gasteiger partial charge in [-0.1, -0.05) is 0 Å². The van der Waals surface area contributed by atoms with Crippen molar-refractivity contribution in [3.8, 4) is 0 Å². The second kappa shape index (κ2) is 6.02. The van der Waals surface area contributed by atoms with Gasteiger partial charge in [-0.05, 0) is 43.5 Å². The Labute approximate surface area is 146 Å². The van der Waals surface area contributed by atoms with E-state index in [1.54, 1.807) is 31.6 Å². The number of amides is 2. The van der Waals surface area contributed by atoms with Crippen molar-refractivity contribution < 1.29 is 14.0 Å². The third kappa shape index (κ3) is 2.71. The maximum absolute atomic E-state index is 12.7. The van der Waals surface area contributed by atoms with Crippen molar-refractivity contribution in [3.63, 3.8) is 0 Å². The van der Waals surface area contributed by atoms with Crippen molar-refractivity contribution in [2.24, 2.45) is 0 Å². The number of pyridine rings is 1. The molecular weight excluding hydrogens is 318 g/mol. The molecule has 4 rings (SSSR count). The number of aromatic nitrogens is 1. The second-order valence-electron chi connectivity index (χ2n) is 6.92. The zero-order valence-corrected chi connectivity index (χ0v) is 14.2. The smallest absolute Gasteiger partial charge is 0.257 e. The lowest BCUT2D eigenvalue weighted by molar-refractivity contribution is -0.120. The average molecular weight is 339 g/mol. The van der Waals surface area contributed by atoms with E-state index in [0.717, 1.165) is 18.4 Å². The number of aryl methyl sites for hydroxylation is 1. The molecule has 1 N–H and O–H groups in total. The lowest BCUT2D eigenvalue weighted by Crippen LogP contribution is -2.54. The quantitative estimate of drug-likeness (QED) is 0.911. The standard InChI is InChI=1S/C19H21N3O3/c1-13-15(4-11-25-13)18(24)22-9-5-19(6-10-22)16(12-17(23)21-19)14-2-7-20-8-3-14/h2-4,7-8,11,16H,5-6,9-10,12H2,1H3,(H,21,23)/t16-/m1/s1. The summed E-state index contributed by atoms with van der Waals surface area (Å²) in [6.07, 6.45) is 7.10.